The standard InChI is InChI=1S/C104H140N18O24S/c1-60-31-19-20-35-66(60)52-74-90(134)114-75(53-68-59-147-81-39-22-21-37-69(68)81)91(135)111-71(87(131)107-61(2)85(105)129)40-41-82(124)106-46-27-23-38-70-88(132)116-80-58-121(57-79(80)109-74)100(145)146-48-28-15-11-10-12-24-42-103(43-25-13-14-26-44-104(45-30-47-122(104)63(4)123)99(144)118-77(55-84(127)128)93(137)115-78(95(139)120-103)56-101(5,6)7)98(143)117-76(54-83(125)126)92(136)113-73(51-65-34-29-36-67(49-65)96(140)141)94(138)119-102(8,9)97(142)108-62(3)86(130)112-72(89(133)110-70)50-64-32-17-16-18-33-64/h10-11,14,16-22,26,29,31-37,39,49,59,61-62,70-80,95,109,120,139H,12-13,15,23-25,27-28,30,38,40-48,50-58H2,1-9H3,(H2,105,129)(H,106,124)(H,107,131)(H,108,142)(H,110,133)(H,111,135)(H,112,130)(H,113,136)(H,114,134)(H,115,137)(H,116,132)(H,117,143)(H,118,144)(H,119,138)(H,125,126)(H,127,128)(H,140,141)/b11-10+,26-14+/t61-,62-,70-,71-,72-,73-,74-,75-,76-,77-,78-,79?,80+,95?,103+,104-/m0/s1. The van der Waals surface area contributed by atoms with Gasteiger partial charge in [-0.2, -0.15) is 0 Å². The molecule has 42 nitrogen and oxygen atoms in total. The van der Waals surface area contributed by atoms with Crippen molar-refractivity contribution in [1.29, 1.82) is 0 Å². The first-order valence-corrected chi connectivity index (χ1v) is 50.8. The fourth-order valence-electron chi connectivity index (χ4n) is 18.8. The van der Waals surface area contributed by atoms with Crippen molar-refractivity contribution in [2.75, 3.05) is 32.8 Å². The van der Waals surface area contributed by atoms with Crippen LogP contribution in [-0.2, 0) is 112 Å². The van der Waals surface area contributed by atoms with Crippen LogP contribution < -0.4 is 85.5 Å². The van der Waals surface area contributed by atoms with Gasteiger partial charge in [0, 0.05) is 69.5 Å². The van der Waals surface area contributed by atoms with Crippen molar-refractivity contribution in [3.63, 3.8) is 0 Å². The van der Waals surface area contributed by atoms with Gasteiger partial charge in [0.2, 0.25) is 88.6 Å². The predicted octanol–water partition coefficient (Wildman–Crippen LogP) is 2.85. The number of aromatic carboxylic acids is 1. The zero-order valence-electron chi connectivity index (χ0n) is 84.4. The van der Waals surface area contributed by atoms with E-state index >= 15 is 33.6 Å². The third-order valence-electron chi connectivity index (χ3n) is 27.0. The van der Waals surface area contributed by atoms with Crippen molar-refractivity contribution in [3.8, 4) is 0 Å². The highest BCUT2D eigenvalue weighted by atomic mass is 32.1. The monoisotopic (exact) mass is 2060 g/mol. The number of carbonyl (C=O) groups excluding carboxylic acids is 16. The molecular formula is C104H140N18O24S. The van der Waals surface area contributed by atoms with E-state index in [4.69, 9.17) is 10.5 Å². The number of aliphatic carboxylic acids is 2. The molecule has 43 heteroatoms. The first kappa shape index (κ1) is 115. The van der Waals surface area contributed by atoms with Crippen LogP contribution in [0, 0.1) is 12.3 Å². The SMILES string of the molecule is CC(=O)N1CCC[C@]12C/C=C/CCC[C@@]1(CCC/C=C/CCCOC(=O)N3CC4N[C@@H](Cc5ccccc5C)C(=O)N[C@@H](Cc5csc6ccccc56)C(=O)N[C@H](C(=O)N[C@@H](C)C(N)=O)CCC(=O)NCCCC[C@H](NC(=O)[C@H](Cc5ccccc5)NC(=O)[C@H](C)NC(=O)C(C)(C)NC(=O)[C@H](Cc5cccc(C(=O)O)c5)NC(=O)[C@H](CC(=O)O)NC1=O)C(=O)N[C@@H]4C3)NC(O)[C@H](CC(C)(C)C)NC(=O)[C@H](CC(=O)O)NC2=O. The van der Waals surface area contributed by atoms with E-state index in [1.807, 2.05) is 42.6 Å². The van der Waals surface area contributed by atoms with Crippen molar-refractivity contribution in [2.24, 2.45) is 11.1 Å². The summed E-state index contributed by atoms with van der Waals surface area (Å²) in [5.74, 6) is -18.2. The summed E-state index contributed by atoms with van der Waals surface area (Å²) in [5, 5.41) is 88.5. The molecule has 16 amide bonds. The van der Waals surface area contributed by atoms with Gasteiger partial charge in [0.15, 0.2) is 0 Å². The molecule has 5 aliphatic rings. The van der Waals surface area contributed by atoms with E-state index in [2.05, 4.69) is 79.8 Å². The molecule has 2 unspecified atom stereocenters. The number of aryl methyl sites for hydroxylation is 1. The van der Waals surface area contributed by atoms with E-state index in [-0.39, 0.29) is 166 Å². The summed E-state index contributed by atoms with van der Waals surface area (Å²) in [6.45, 7) is 12.8. The van der Waals surface area contributed by atoms with Gasteiger partial charge in [-0.05, 0) is 206 Å². The van der Waals surface area contributed by atoms with Crippen molar-refractivity contribution < 1.29 is 116 Å². The first-order valence-electron chi connectivity index (χ1n) is 50.0. The topological polar surface area (TPSA) is 627 Å². The number of nitrogens with zero attached hydrogens (tertiary/aromatic N) is 2. The molecule has 0 radical (unpaired) electrons. The van der Waals surface area contributed by atoms with E-state index in [1.54, 1.807) is 93.6 Å². The number of ether oxygens (including phenoxy) is 1. The molecule has 6 heterocycles. The van der Waals surface area contributed by atoms with Gasteiger partial charge >= 0.3 is 24.0 Å². The number of nitrogens with one attached hydrogen (secondary N) is 15. The molecule has 0 saturated carbocycles. The van der Waals surface area contributed by atoms with Gasteiger partial charge in [0.05, 0.1) is 48.7 Å². The third kappa shape index (κ3) is 33.5. The molecular weight excluding hydrogens is 1920 g/mol. The number of nitrogens with two attached hydrogens (primary N) is 1. The van der Waals surface area contributed by atoms with Crippen molar-refractivity contribution in [2.45, 2.75) is 311 Å². The number of aliphatic hydroxyl groups is 1. The van der Waals surface area contributed by atoms with Gasteiger partial charge in [-0.3, -0.25) is 92.1 Å². The maximum atomic E-state index is 16.2. The second-order valence-corrected chi connectivity index (χ2v) is 41.2. The zero-order chi connectivity index (χ0) is 107. The van der Waals surface area contributed by atoms with E-state index < -0.39 is 239 Å². The number of thiophene rings is 1. The zero-order valence-corrected chi connectivity index (χ0v) is 85.2. The number of carboxylic acid groups (broad SMARTS) is 3. The van der Waals surface area contributed by atoms with E-state index in [9.17, 15) is 78.0 Å². The molecule has 16 atom stereocenters. The lowest BCUT2D eigenvalue weighted by Gasteiger charge is -2.41. The van der Waals surface area contributed by atoms with Gasteiger partial charge < -0.3 is 110 Å². The van der Waals surface area contributed by atoms with Crippen molar-refractivity contribution in [1.82, 2.24) is 89.6 Å². The van der Waals surface area contributed by atoms with E-state index in [0.29, 0.717) is 23.1 Å². The predicted molar refractivity (Wildman–Crippen MR) is 541 cm³/mol. The largest absolute Gasteiger partial charge is 0.481 e. The summed E-state index contributed by atoms with van der Waals surface area (Å²) in [4.78, 5) is 278. The Labute approximate surface area is 856 Å². The molecule has 3 fully saturated rings. The van der Waals surface area contributed by atoms with Gasteiger partial charge in [-0.1, -0.05) is 130 Å². The Hall–Kier alpha value is -14.1. The summed E-state index contributed by atoms with van der Waals surface area (Å²) in [6, 6.07) is 8.56. The molecule has 5 aromatic rings. The quantitative estimate of drug-likeness (QED) is 0.0595. The Balaban J connectivity index is 1.05. The molecule has 10 rings (SSSR count). The van der Waals surface area contributed by atoms with E-state index in [1.165, 1.54) is 80.0 Å². The molecule has 0 aliphatic carbocycles. The minimum atomic E-state index is -2.12. The van der Waals surface area contributed by atoms with Crippen LogP contribution in [-0.4, -0.2) is 277 Å². The highest BCUT2D eigenvalue weighted by Gasteiger charge is 2.51. The normalized spacial score (nSPS) is 27.1. The molecule has 1 aromatic heterocycles. The van der Waals surface area contributed by atoms with Crippen LogP contribution in [0.2, 0.25) is 0 Å². The number of primary amides is 1. The summed E-state index contributed by atoms with van der Waals surface area (Å²) in [7, 11) is 0. The number of benzene rings is 4. The number of hydrogen-bond donors (Lipinski definition) is 20. The van der Waals surface area contributed by atoms with Crippen LogP contribution in [0.25, 0.3) is 10.1 Å². The minimum absolute atomic E-state index is 0.0299. The number of carbonyl (C=O) groups is 19. The van der Waals surface area contributed by atoms with Gasteiger partial charge in [0.1, 0.15) is 71.7 Å². The number of cyclic esters (lactones) is 1. The number of likely N-dealkylation sites (tertiary alicyclic amines) is 1. The average Bonchev–Trinajstić information content (AvgIpc) is 1.66. The Kier molecular flexibility index (Phi) is 41.7. The summed E-state index contributed by atoms with van der Waals surface area (Å²) in [6.07, 6.45) is 0.859. The van der Waals surface area contributed by atoms with Crippen LogP contribution in [0.5, 0.6) is 0 Å². The minimum Gasteiger partial charge on any atom is -0.481 e. The summed E-state index contributed by atoms with van der Waals surface area (Å²) < 4.78 is 6.86. The first-order chi connectivity index (χ1) is 69.7. The maximum absolute atomic E-state index is 16.2. The molecule has 4 aromatic carbocycles. The number of rotatable bonds is 17. The lowest BCUT2D eigenvalue weighted by molar-refractivity contribution is -0.146. The molecule has 796 valence electrons. The fraction of sp³-hybridized carbons (Fsp3) is 0.529. The van der Waals surface area contributed by atoms with Gasteiger partial charge in [0.25, 0.3) is 0 Å². The molecule has 147 heavy (non-hydrogen) atoms. The summed E-state index contributed by atoms with van der Waals surface area (Å²) >= 11 is 1.39. The van der Waals surface area contributed by atoms with Crippen LogP contribution in [0.3, 0.4) is 0 Å². The molecule has 2 spiro atoms. The fourth-order valence-corrected chi connectivity index (χ4v) is 19.8. The van der Waals surface area contributed by atoms with Crippen molar-refractivity contribution in [3.05, 3.63) is 166 Å². The van der Waals surface area contributed by atoms with Crippen molar-refractivity contribution >= 4 is 134 Å². The molecule has 3 saturated heterocycles. The number of hydrogen-bond acceptors (Lipinski definition) is 24. The Morgan fingerprint density at radius 3 is 1.82 bits per heavy atom. The van der Waals surface area contributed by atoms with Crippen LogP contribution >= 0.6 is 11.3 Å². The maximum Gasteiger partial charge on any atom is 0.409 e. The van der Waals surface area contributed by atoms with Crippen LogP contribution in [0.1, 0.15) is 216 Å². The second kappa shape index (κ2) is 53.3. The summed E-state index contributed by atoms with van der Waals surface area (Å²) in [5.41, 5.74) is 1.41. The number of amides is 16. The van der Waals surface area contributed by atoms with E-state index in [0.717, 1.165) is 15.6 Å². The third-order valence-corrected chi connectivity index (χ3v) is 28.0. The average molecular weight is 2060 g/mol. The molecule has 21 N–H and O–H groups in total. The number of aliphatic hydroxyl groups excluding tert-OH is 1. The Morgan fingerprint density at radius 1 is 0.571 bits per heavy atom. The number of fused-ring (bicyclic) bond motifs is 4. The molecule has 3 bridgehead atoms. The smallest absolute Gasteiger partial charge is 0.409 e. The lowest BCUT2D eigenvalue weighted by Crippen LogP contribution is -2.67. The molecule has 5 aliphatic heterocycles. The van der Waals surface area contributed by atoms with Crippen LogP contribution in [0.4, 0.5) is 4.79 Å². The highest BCUT2D eigenvalue weighted by Crippen LogP contribution is 2.36. The second-order valence-electron chi connectivity index (χ2n) is 40.3. The van der Waals surface area contributed by atoms with Crippen LogP contribution in [0.15, 0.2) is 133 Å². The number of allylic oxidation sites excluding steroid dienone is 3. The lowest BCUT2D eigenvalue weighted by atomic mass is 9.83. The number of carboxylic acids is 3. The highest BCUT2D eigenvalue weighted by molar-refractivity contribution is 7.17. The Morgan fingerprint density at radius 2 is 1.16 bits per heavy atom. The van der Waals surface area contributed by atoms with Gasteiger partial charge in [-0.25, -0.2) is 9.59 Å². The Bertz CT molecular complexity index is 5670. The van der Waals surface area contributed by atoms with Gasteiger partial charge in [-0.15, -0.1) is 11.3 Å².